The summed E-state index contributed by atoms with van der Waals surface area (Å²) in [7, 11) is 0. The summed E-state index contributed by atoms with van der Waals surface area (Å²) in [6, 6.07) is 0. The predicted molar refractivity (Wildman–Crippen MR) is 74.8 cm³/mol. The molecule has 2 rings (SSSR count). The molecule has 4 unspecified atom stereocenters. The van der Waals surface area contributed by atoms with E-state index in [9.17, 15) is 4.79 Å². The van der Waals surface area contributed by atoms with Gasteiger partial charge in [-0.15, -0.1) is 0 Å². The summed E-state index contributed by atoms with van der Waals surface area (Å²) in [6.45, 7) is 6.99. The van der Waals surface area contributed by atoms with Gasteiger partial charge in [0.25, 0.3) is 0 Å². The number of fused-ring (bicyclic) bond motifs is 1. The molecular formula is C16H28O3. The van der Waals surface area contributed by atoms with Gasteiger partial charge in [0.2, 0.25) is 0 Å². The van der Waals surface area contributed by atoms with Crippen molar-refractivity contribution in [3.8, 4) is 0 Å². The first-order valence-corrected chi connectivity index (χ1v) is 7.96. The minimum atomic E-state index is -0.00858. The Morgan fingerprint density at radius 3 is 2.63 bits per heavy atom. The number of ether oxygens (including phenoxy) is 2. The molecule has 1 aliphatic carbocycles. The molecule has 0 bridgehead atoms. The Morgan fingerprint density at radius 2 is 2.00 bits per heavy atom. The molecule has 1 aliphatic heterocycles. The Balaban J connectivity index is 1.65. The van der Waals surface area contributed by atoms with E-state index in [1.807, 2.05) is 6.92 Å². The van der Waals surface area contributed by atoms with Gasteiger partial charge in [-0.3, -0.25) is 4.79 Å². The standard InChI is InChI=1S/C16H28O3/c1-4-12(5-2)8-11(3)16(17)18-10-13-6-7-14-15(9-13)19-14/h11-15H,4-10H2,1-3H3. The first-order valence-electron chi connectivity index (χ1n) is 7.96. The normalized spacial score (nSPS) is 30.8. The molecule has 2 aliphatic rings. The third-order valence-corrected chi connectivity index (χ3v) is 4.82. The Hall–Kier alpha value is -0.570. The summed E-state index contributed by atoms with van der Waals surface area (Å²) in [5, 5.41) is 0. The van der Waals surface area contributed by atoms with Gasteiger partial charge < -0.3 is 9.47 Å². The van der Waals surface area contributed by atoms with Crippen molar-refractivity contribution in [1.82, 2.24) is 0 Å². The summed E-state index contributed by atoms with van der Waals surface area (Å²) in [4.78, 5) is 12.0. The van der Waals surface area contributed by atoms with Crippen LogP contribution in [0, 0.1) is 17.8 Å². The van der Waals surface area contributed by atoms with Crippen LogP contribution >= 0.6 is 0 Å². The highest BCUT2D eigenvalue weighted by Gasteiger charge is 2.44. The van der Waals surface area contributed by atoms with Crippen LogP contribution in [0.2, 0.25) is 0 Å². The van der Waals surface area contributed by atoms with Crippen molar-refractivity contribution in [2.24, 2.45) is 17.8 Å². The number of hydrogen-bond acceptors (Lipinski definition) is 3. The third-order valence-electron chi connectivity index (χ3n) is 4.82. The smallest absolute Gasteiger partial charge is 0.308 e. The number of epoxide rings is 1. The van der Waals surface area contributed by atoms with Gasteiger partial charge >= 0.3 is 5.97 Å². The molecule has 0 radical (unpaired) electrons. The summed E-state index contributed by atoms with van der Waals surface area (Å²) in [5.74, 6) is 1.20. The Bertz CT molecular complexity index is 298. The highest BCUT2D eigenvalue weighted by Crippen LogP contribution is 2.39. The second-order valence-corrected chi connectivity index (χ2v) is 6.34. The molecule has 4 atom stereocenters. The molecule has 3 nitrogen and oxygen atoms in total. The highest BCUT2D eigenvalue weighted by molar-refractivity contribution is 5.71. The largest absolute Gasteiger partial charge is 0.465 e. The molecule has 110 valence electrons. The van der Waals surface area contributed by atoms with Crippen LogP contribution in [0.1, 0.15) is 59.3 Å². The zero-order valence-electron chi connectivity index (χ0n) is 12.6. The topological polar surface area (TPSA) is 38.8 Å². The van der Waals surface area contributed by atoms with Crippen LogP contribution in [0.4, 0.5) is 0 Å². The van der Waals surface area contributed by atoms with Crippen LogP contribution in [0.25, 0.3) is 0 Å². The lowest BCUT2D eigenvalue weighted by atomic mass is 9.90. The van der Waals surface area contributed by atoms with Crippen molar-refractivity contribution < 1.29 is 14.3 Å². The highest BCUT2D eigenvalue weighted by atomic mass is 16.6. The molecule has 0 aromatic carbocycles. The van der Waals surface area contributed by atoms with E-state index in [0.29, 0.717) is 30.7 Å². The fourth-order valence-corrected chi connectivity index (χ4v) is 3.20. The van der Waals surface area contributed by atoms with Gasteiger partial charge in [-0.2, -0.15) is 0 Å². The number of carbonyl (C=O) groups excluding carboxylic acids is 1. The van der Waals surface area contributed by atoms with Gasteiger partial charge in [-0.1, -0.05) is 33.6 Å². The van der Waals surface area contributed by atoms with E-state index in [2.05, 4.69) is 13.8 Å². The summed E-state index contributed by atoms with van der Waals surface area (Å²) >= 11 is 0. The number of carbonyl (C=O) groups is 1. The molecular weight excluding hydrogens is 240 g/mol. The van der Waals surface area contributed by atoms with E-state index in [-0.39, 0.29) is 11.9 Å². The van der Waals surface area contributed by atoms with Gasteiger partial charge in [-0.05, 0) is 37.5 Å². The zero-order valence-corrected chi connectivity index (χ0v) is 12.6. The molecule has 0 amide bonds. The lowest BCUT2D eigenvalue weighted by Crippen LogP contribution is -2.24. The molecule has 0 aromatic rings. The number of esters is 1. The lowest BCUT2D eigenvalue weighted by molar-refractivity contribution is -0.150. The van der Waals surface area contributed by atoms with Crippen molar-refractivity contribution in [3.05, 3.63) is 0 Å². The van der Waals surface area contributed by atoms with Crippen LogP contribution < -0.4 is 0 Å². The zero-order chi connectivity index (χ0) is 13.8. The second-order valence-electron chi connectivity index (χ2n) is 6.34. The lowest BCUT2D eigenvalue weighted by Gasteiger charge is -2.21. The first-order chi connectivity index (χ1) is 9.13. The van der Waals surface area contributed by atoms with Gasteiger partial charge in [0, 0.05) is 0 Å². The van der Waals surface area contributed by atoms with E-state index in [0.717, 1.165) is 38.5 Å². The van der Waals surface area contributed by atoms with Gasteiger partial charge in [0.05, 0.1) is 24.7 Å². The van der Waals surface area contributed by atoms with E-state index >= 15 is 0 Å². The molecule has 1 saturated heterocycles. The third kappa shape index (κ3) is 4.20. The minimum absolute atomic E-state index is 0.00858. The Labute approximate surface area is 117 Å². The molecule has 0 aromatic heterocycles. The van der Waals surface area contributed by atoms with Crippen LogP contribution in [0.3, 0.4) is 0 Å². The fraction of sp³-hybridized carbons (Fsp3) is 0.938. The summed E-state index contributed by atoms with van der Waals surface area (Å²) in [5.41, 5.74) is 0. The van der Waals surface area contributed by atoms with E-state index in [4.69, 9.17) is 9.47 Å². The molecule has 1 saturated carbocycles. The van der Waals surface area contributed by atoms with E-state index < -0.39 is 0 Å². The Kier molecular flexibility index (Phi) is 5.26. The molecule has 2 fully saturated rings. The van der Waals surface area contributed by atoms with Crippen LogP contribution in [-0.4, -0.2) is 24.8 Å². The van der Waals surface area contributed by atoms with E-state index in [1.165, 1.54) is 0 Å². The predicted octanol–water partition coefficient (Wildman–Crippen LogP) is 3.56. The maximum atomic E-state index is 12.0. The van der Waals surface area contributed by atoms with Crippen LogP contribution in [0.15, 0.2) is 0 Å². The van der Waals surface area contributed by atoms with Crippen LogP contribution in [-0.2, 0) is 14.3 Å². The van der Waals surface area contributed by atoms with Crippen molar-refractivity contribution >= 4 is 5.97 Å². The quantitative estimate of drug-likeness (QED) is 0.523. The average molecular weight is 268 g/mol. The minimum Gasteiger partial charge on any atom is -0.465 e. The SMILES string of the molecule is CCC(CC)CC(C)C(=O)OCC1CCC2OC2C1. The molecule has 19 heavy (non-hydrogen) atoms. The Morgan fingerprint density at radius 1 is 1.26 bits per heavy atom. The first kappa shape index (κ1) is 14.8. The van der Waals surface area contributed by atoms with Crippen molar-refractivity contribution in [2.45, 2.75) is 71.5 Å². The summed E-state index contributed by atoms with van der Waals surface area (Å²) < 4.78 is 11.0. The van der Waals surface area contributed by atoms with Gasteiger partial charge in [0.1, 0.15) is 0 Å². The monoisotopic (exact) mass is 268 g/mol. The maximum Gasteiger partial charge on any atom is 0.308 e. The molecule has 0 spiro atoms. The summed E-state index contributed by atoms with van der Waals surface area (Å²) in [6.07, 6.45) is 7.64. The van der Waals surface area contributed by atoms with Crippen molar-refractivity contribution in [3.63, 3.8) is 0 Å². The van der Waals surface area contributed by atoms with Crippen molar-refractivity contribution in [2.75, 3.05) is 6.61 Å². The molecule has 0 N–H and O–H groups in total. The van der Waals surface area contributed by atoms with E-state index in [1.54, 1.807) is 0 Å². The maximum absolute atomic E-state index is 12.0. The van der Waals surface area contributed by atoms with Crippen molar-refractivity contribution in [1.29, 1.82) is 0 Å². The fourth-order valence-electron chi connectivity index (χ4n) is 3.20. The second kappa shape index (κ2) is 6.74. The number of rotatable bonds is 7. The van der Waals surface area contributed by atoms with Gasteiger partial charge in [0.15, 0.2) is 0 Å². The van der Waals surface area contributed by atoms with Gasteiger partial charge in [-0.25, -0.2) is 0 Å². The number of hydrogen-bond donors (Lipinski definition) is 0. The average Bonchev–Trinajstić information content (AvgIpc) is 3.20. The van der Waals surface area contributed by atoms with Crippen LogP contribution in [0.5, 0.6) is 0 Å². The molecule has 1 heterocycles. The molecule has 3 heteroatoms.